The van der Waals surface area contributed by atoms with Crippen molar-refractivity contribution in [3.8, 4) is 0 Å². The zero-order valence-electron chi connectivity index (χ0n) is 8.62. The molecule has 3 unspecified atom stereocenters. The van der Waals surface area contributed by atoms with Gasteiger partial charge < -0.3 is 5.32 Å². The fourth-order valence-corrected chi connectivity index (χ4v) is 3.30. The van der Waals surface area contributed by atoms with Gasteiger partial charge in [-0.15, -0.1) is 0 Å². The van der Waals surface area contributed by atoms with Crippen molar-refractivity contribution in [2.24, 2.45) is 11.8 Å². The lowest BCUT2D eigenvalue weighted by molar-refractivity contribution is 0.440. The summed E-state index contributed by atoms with van der Waals surface area (Å²) in [6.45, 7) is 0. The van der Waals surface area contributed by atoms with Crippen LogP contribution in [0.25, 0.3) is 0 Å². The molecule has 2 nitrogen and oxygen atoms in total. The Balaban J connectivity index is 1.71. The number of nitrogens with zero attached hydrogens (tertiary/aromatic N) is 1. The molecule has 2 saturated carbocycles. The van der Waals surface area contributed by atoms with E-state index >= 15 is 0 Å². The standard InChI is InChI=1S/C12H15ClN2/c13-12-7-10(3-4-14-12)15-11-6-8-1-2-9(11)5-8/h3-4,7-9,11H,1-2,5-6H2,(H,14,15). The van der Waals surface area contributed by atoms with E-state index in [4.69, 9.17) is 11.6 Å². The smallest absolute Gasteiger partial charge is 0.131 e. The Morgan fingerprint density at radius 3 is 2.93 bits per heavy atom. The minimum atomic E-state index is 0.572. The summed E-state index contributed by atoms with van der Waals surface area (Å²) in [7, 11) is 0. The van der Waals surface area contributed by atoms with Crippen LogP contribution in [0.5, 0.6) is 0 Å². The van der Waals surface area contributed by atoms with Crippen LogP contribution in [-0.2, 0) is 0 Å². The molecule has 0 spiro atoms. The van der Waals surface area contributed by atoms with Crippen LogP contribution < -0.4 is 5.32 Å². The van der Waals surface area contributed by atoms with E-state index in [1.54, 1.807) is 6.20 Å². The maximum atomic E-state index is 5.86. The van der Waals surface area contributed by atoms with Crippen LogP contribution in [0.2, 0.25) is 5.15 Å². The Morgan fingerprint density at radius 2 is 2.27 bits per heavy atom. The monoisotopic (exact) mass is 222 g/mol. The highest BCUT2D eigenvalue weighted by molar-refractivity contribution is 6.29. The molecular formula is C12H15ClN2. The van der Waals surface area contributed by atoms with E-state index in [0.717, 1.165) is 17.5 Å². The highest BCUT2D eigenvalue weighted by Gasteiger charge is 2.39. The number of hydrogen-bond donors (Lipinski definition) is 1. The summed E-state index contributed by atoms with van der Waals surface area (Å²) >= 11 is 5.86. The van der Waals surface area contributed by atoms with Crippen molar-refractivity contribution in [2.45, 2.75) is 31.7 Å². The van der Waals surface area contributed by atoms with E-state index in [0.29, 0.717) is 11.2 Å². The van der Waals surface area contributed by atoms with Gasteiger partial charge in [-0.25, -0.2) is 4.98 Å². The molecule has 0 aliphatic heterocycles. The van der Waals surface area contributed by atoms with E-state index in [2.05, 4.69) is 10.3 Å². The second-order valence-corrected chi connectivity index (χ2v) is 5.18. The fraction of sp³-hybridized carbons (Fsp3) is 0.583. The van der Waals surface area contributed by atoms with Gasteiger partial charge in [0.1, 0.15) is 5.15 Å². The molecule has 0 saturated heterocycles. The number of pyridine rings is 1. The van der Waals surface area contributed by atoms with Gasteiger partial charge in [-0.2, -0.15) is 0 Å². The Morgan fingerprint density at radius 1 is 1.33 bits per heavy atom. The molecule has 1 heterocycles. The van der Waals surface area contributed by atoms with Crippen LogP contribution >= 0.6 is 11.6 Å². The number of nitrogens with one attached hydrogen (secondary N) is 1. The predicted octanol–water partition coefficient (Wildman–Crippen LogP) is 3.34. The molecule has 0 amide bonds. The molecule has 0 radical (unpaired) electrons. The second kappa shape index (κ2) is 3.67. The van der Waals surface area contributed by atoms with Crippen molar-refractivity contribution >= 4 is 17.3 Å². The lowest BCUT2D eigenvalue weighted by Crippen LogP contribution is -2.25. The third-order valence-corrected chi connectivity index (χ3v) is 4.02. The normalized spacial score (nSPS) is 33.3. The lowest BCUT2D eigenvalue weighted by atomic mass is 9.95. The van der Waals surface area contributed by atoms with E-state index in [1.807, 2.05) is 12.1 Å². The van der Waals surface area contributed by atoms with Gasteiger partial charge in [0.15, 0.2) is 0 Å². The predicted molar refractivity (Wildman–Crippen MR) is 62.1 cm³/mol. The van der Waals surface area contributed by atoms with Gasteiger partial charge in [-0.1, -0.05) is 18.0 Å². The third kappa shape index (κ3) is 1.83. The summed E-state index contributed by atoms with van der Waals surface area (Å²) in [6, 6.07) is 4.58. The summed E-state index contributed by atoms with van der Waals surface area (Å²) in [5.41, 5.74) is 1.12. The van der Waals surface area contributed by atoms with Gasteiger partial charge in [-0.3, -0.25) is 0 Å². The molecule has 1 N–H and O–H groups in total. The summed E-state index contributed by atoms with van der Waals surface area (Å²) in [5.74, 6) is 1.87. The summed E-state index contributed by atoms with van der Waals surface area (Å²) < 4.78 is 0. The molecule has 1 aromatic rings. The Kier molecular flexibility index (Phi) is 2.32. The number of hydrogen-bond acceptors (Lipinski definition) is 2. The Bertz CT molecular complexity index is 366. The fourth-order valence-electron chi connectivity index (χ4n) is 3.13. The molecule has 2 bridgehead atoms. The van der Waals surface area contributed by atoms with Gasteiger partial charge in [0.25, 0.3) is 0 Å². The average molecular weight is 223 g/mol. The molecule has 2 fully saturated rings. The van der Waals surface area contributed by atoms with Gasteiger partial charge >= 0.3 is 0 Å². The molecule has 2 aliphatic rings. The molecule has 15 heavy (non-hydrogen) atoms. The first kappa shape index (κ1) is 9.46. The first-order valence-corrected chi connectivity index (χ1v) is 6.07. The van der Waals surface area contributed by atoms with Crippen molar-refractivity contribution in [1.29, 1.82) is 0 Å². The van der Waals surface area contributed by atoms with E-state index in [1.165, 1.54) is 25.7 Å². The molecule has 80 valence electrons. The van der Waals surface area contributed by atoms with E-state index < -0.39 is 0 Å². The third-order valence-electron chi connectivity index (χ3n) is 3.82. The molecule has 3 heteroatoms. The largest absolute Gasteiger partial charge is 0.382 e. The molecule has 3 rings (SSSR count). The van der Waals surface area contributed by atoms with E-state index in [9.17, 15) is 0 Å². The first-order valence-electron chi connectivity index (χ1n) is 5.69. The van der Waals surface area contributed by atoms with Gasteiger partial charge in [0, 0.05) is 17.9 Å². The summed E-state index contributed by atoms with van der Waals surface area (Å²) in [5, 5.41) is 4.16. The molecule has 3 atom stereocenters. The Hall–Kier alpha value is -0.760. The van der Waals surface area contributed by atoms with Crippen molar-refractivity contribution in [3.63, 3.8) is 0 Å². The first-order chi connectivity index (χ1) is 7.31. The molecule has 0 aromatic carbocycles. The van der Waals surface area contributed by atoms with Crippen molar-refractivity contribution in [3.05, 3.63) is 23.5 Å². The van der Waals surface area contributed by atoms with E-state index in [-0.39, 0.29) is 0 Å². The van der Waals surface area contributed by atoms with Crippen LogP contribution in [0.3, 0.4) is 0 Å². The quantitative estimate of drug-likeness (QED) is 0.777. The average Bonchev–Trinajstić information content (AvgIpc) is 2.79. The van der Waals surface area contributed by atoms with Crippen LogP contribution in [0, 0.1) is 11.8 Å². The lowest BCUT2D eigenvalue weighted by Gasteiger charge is -2.23. The number of rotatable bonds is 2. The minimum Gasteiger partial charge on any atom is -0.382 e. The SMILES string of the molecule is Clc1cc(NC2CC3CCC2C3)ccn1. The van der Waals surface area contributed by atoms with Crippen LogP contribution in [0.15, 0.2) is 18.3 Å². The molecule has 1 aromatic heterocycles. The maximum Gasteiger partial charge on any atom is 0.131 e. The Labute approximate surface area is 95.0 Å². The van der Waals surface area contributed by atoms with Crippen LogP contribution in [-0.4, -0.2) is 11.0 Å². The number of aromatic nitrogens is 1. The minimum absolute atomic E-state index is 0.572. The zero-order chi connectivity index (χ0) is 10.3. The molecular weight excluding hydrogens is 208 g/mol. The van der Waals surface area contributed by atoms with Crippen LogP contribution in [0.4, 0.5) is 5.69 Å². The van der Waals surface area contributed by atoms with Crippen molar-refractivity contribution < 1.29 is 0 Å². The number of fused-ring (bicyclic) bond motifs is 2. The van der Waals surface area contributed by atoms with Crippen molar-refractivity contribution in [1.82, 2.24) is 4.98 Å². The van der Waals surface area contributed by atoms with Gasteiger partial charge in [0.2, 0.25) is 0 Å². The highest BCUT2D eigenvalue weighted by Crippen LogP contribution is 2.45. The van der Waals surface area contributed by atoms with Crippen molar-refractivity contribution in [2.75, 3.05) is 5.32 Å². The number of anilines is 1. The summed E-state index contributed by atoms with van der Waals surface area (Å²) in [6.07, 6.45) is 7.38. The summed E-state index contributed by atoms with van der Waals surface area (Å²) in [4.78, 5) is 3.99. The zero-order valence-corrected chi connectivity index (χ0v) is 9.37. The topological polar surface area (TPSA) is 24.9 Å². The second-order valence-electron chi connectivity index (χ2n) is 4.79. The number of halogens is 1. The molecule has 2 aliphatic carbocycles. The van der Waals surface area contributed by atoms with Gasteiger partial charge in [-0.05, 0) is 43.2 Å². The van der Waals surface area contributed by atoms with Gasteiger partial charge in [0.05, 0.1) is 0 Å². The van der Waals surface area contributed by atoms with Crippen LogP contribution in [0.1, 0.15) is 25.7 Å². The highest BCUT2D eigenvalue weighted by atomic mass is 35.5. The maximum absolute atomic E-state index is 5.86.